The van der Waals surface area contributed by atoms with E-state index in [1.54, 1.807) is 6.92 Å². The van der Waals surface area contributed by atoms with Gasteiger partial charge in [-0.3, -0.25) is 0 Å². The molecule has 18 heavy (non-hydrogen) atoms. The number of carboxylic acid groups (broad SMARTS) is 1. The number of unbranched alkanes of at least 4 members (excludes halogenated alkanes) is 1. The van der Waals surface area contributed by atoms with Crippen LogP contribution in [0.2, 0.25) is 0 Å². The van der Waals surface area contributed by atoms with Crippen molar-refractivity contribution in [1.82, 2.24) is 0 Å². The fourth-order valence-electron chi connectivity index (χ4n) is 0.841. The highest BCUT2D eigenvalue weighted by atomic mass is 16.5. The van der Waals surface area contributed by atoms with E-state index in [1.807, 2.05) is 6.92 Å². The fraction of sp³-hybridized carbons (Fsp3) is 0.571. The molecule has 0 fully saturated rings. The van der Waals surface area contributed by atoms with Gasteiger partial charge < -0.3 is 9.84 Å². The zero-order valence-electron chi connectivity index (χ0n) is 11.6. The van der Waals surface area contributed by atoms with Crippen LogP contribution in [-0.4, -0.2) is 23.7 Å². The van der Waals surface area contributed by atoms with Crippen molar-refractivity contribution in [2.45, 2.75) is 46.5 Å². The summed E-state index contributed by atoms with van der Waals surface area (Å²) in [6.07, 6.45) is 3.42. The minimum Gasteiger partial charge on any atom is -0.478 e. The SMILES string of the molecule is C=C(C)C(=O)OCCCC.C=C(CCC)C(=O)O. The first-order chi connectivity index (χ1) is 8.36. The van der Waals surface area contributed by atoms with Crippen LogP contribution in [-0.2, 0) is 14.3 Å². The molecule has 0 unspecified atom stereocenters. The van der Waals surface area contributed by atoms with Gasteiger partial charge in [0, 0.05) is 11.1 Å². The number of carboxylic acids is 1. The number of carbonyl (C=O) groups is 2. The first-order valence-electron chi connectivity index (χ1n) is 6.10. The Balaban J connectivity index is 0. The maximum atomic E-state index is 10.7. The van der Waals surface area contributed by atoms with Gasteiger partial charge in [0.25, 0.3) is 0 Å². The molecule has 104 valence electrons. The molecule has 0 atom stereocenters. The third-order valence-corrected chi connectivity index (χ3v) is 1.93. The number of aliphatic carboxylic acids is 1. The van der Waals surface area contributed by atoms with Crippen LogP contribution in [0.25, 0.3) is 0 Å². The molecule has 1 N–H and O–H groups in total. The lowest BCUT2D eigenvalue weighted by Gasteiger charge is -2.01. The molecule has 0 radical (unpaired) electrons. The van der Waals surface area contributed by atoms with E-state index in [0.717, 1.165) is 19.3 Å². The molecule has 0 aliphatic carbocycles. The number of hydrogen-bond acceptors (Lipinski definition) is 3. The molecule has 0 aromatic heterocycles. The Morgan fingerprint density at radius 3 is 2.00 bits per heavy atom. The Morgan fingerprint density at radius 2 is 1.72 bits per heavy atom. The van der Waals surface area contributed by atoms with Crippen LogP contribution in [0.4, 0.5) is 0 Å². The van der Waals surface area contributed by atoms with Gasteiger partial charge in [-0.25, -0.2) is 9.59 Å². The van der Waals surface area contributed by atoms with E-state index >= 15 is 0 Å². The van der Waals surface area contributed by atoms with E-state index in [4.69, 9.17) is 9.84 Å². The highest BCUT2D eigenvalue weighted by Crippen LogP contribution is 1.99. The summed E-state index contributed by atoms with van der Waals surface area (Å²) in [5, 5.41) is 8.21. The van der Waals surface area contributed by atoms with Gasteiger partial charge in [0.2, 0.25) is 0 Å². The van der Waals surface area contributed by atoms with E-state index in [0.29, 0.717) is 24.2 Å². The van der Waals surface area contributed by atoms with Gasteiger partial charge in [0.1, 0.15) is 0 Å². The quantitative estimate of drug-likeness (QED) is 0.431. The lowest BCUT2D eigenvalue weighted by molar-refractivity contribution is -0.139. The average molecular weight is 256 g/mol. The Bertz CT molecular complexity index is 292. The third kappa shape index (κ3) is 12.5. The van der Waals surface area contributed by atoms with Gasteiger partial charge in [0.05, 0.1) is 6.61 Å². The summed E-state index contributed by atoms with van der Waals surface area (Å²) in [6, 6.07) is 0. The highest BCUT2D eigenvalue weighted by molar-refractivity contribution is 5.86. The lowest BCUT2D eigenvalue weighted by atomic mass is 10.2. The molecule has 4 nitrogen and oxygen atoms in total. The third-order valence-electron chi connectivity index (χ3n) is 1.93. The molecule has 4 heteroatoms. The van der Waals surface area contributed by atoms with Crippen molar-refractivity contribution in [2.24, 2.45) is 0 Å². The highest BCUT2D eigenvalue weighted by Gasteiger charge is 2.00. The van der Waals surface area contributed by atoms with E-state index in [-0.39, 0.29) is 5.97 Å². The lowest BCUT2D eigenvalue weighted by Crippen LogP contribution is -2.05. The molecule has 0 aliphatic rings. The molecule has 0 saturated carbocycles. The van der Waals surface area contributed by atoms with Crippen LogP contribution < -0.4 is 0 Å². The largest absolute Gasteiger partial charge is 0.478 e. The van der Waals surface area contributed by atoms with Crippen LogP contribution in [0, 0.1) is 0 Å². The molecule has 0 aromatic rings. The molecular formula is C14H24O4. The molecular weight excluding hydrogens is 232 g/mol. The second-order valence-electron chi connectivity index (χ2n) is 3.93. The minimum atomic E-state index is -0.883. The summed E-state index contributed by atoms with van der Waals surface area (Å²) < 4.78 is 4.81. The number of rotatable bonds is 7. The van der Waals surface area contributed by atoms with Crippen LogP contribution in [0.1, 0.15) is 46.5 Å². The van der Waals surface area contributed by atoms with Crippen molar-refractivity contribution in [1.29, 1.82) is 0 Å². The Kier molecular flexibility index (Phi) is 12.4. The molecule has 0 spiro atoms. The van der Waals surface area contributed by atoms with E-state index in [1.165, 1.54) is 0 Å². The van der Waals surface area contributed by atoms with Crippen molar-refractivity contribution in [2.75, 3.05) is 6.61 Å². The summed E-state index contributed by atoms with van der Waals surface area (Å²) in [5.74, 6) is -1.17. The van der Waals surface area contributed by atoms with Crippen molar-refractivity contribution < 1.29 is 19.4 Å². The molecule has 0 bridgehead atoms. The number of ether oxygens (including phenoxy) is 1. The van der Waals surface area contributed by atoms with Gasteiger partial charge in [-0.05, 0) is 19.8 Å². The maximum Gasteiger partial charge on any atom is 0.333 e. The number of carbonyl (C=O) groups excluding carboxylic acids is 1. The van der Waals surface area contributed by atoms with Crippen LogP contribution >= 0.6 is 0 Å². The van der Waals surface area contributed by atoms with E-state index in [9.17, 15) is 9.59 Å². The van der Waals surface area contributed by atoms with Crippen LogP contribution in [0.15, 0.2) is 24.3 Å². The summed E-state index contributed by atoms with van der Waals surface area (Å²) in [4.78, 5) is 20.7. The summed E-state index contributed by atoms with van der Waals surface area (Å²) in [6.45, 7) is 12.9. The van der Waals surface area contributed by atoms with Gasteiger partial charge in [-0.1, -0.05) is 39.8 Å². The molecule has 0 aliphatic heterocycles. The minimum absolute atomic E-state index is 0.284. The summed E-state index contributed by atoms with van der Waals surface area (Å²) in [5.41, 5.74) is 0.767. The van der Waals surface area contributed by atoms with Gasteiger partial charge >= 0.3 is 11.9 Å². The molecule has 0 rings (SSSR count). The predicted molar refractivity (Wildman–Crippen MR) is 72.4 cm³/mol. The first-order valence-corrected chi connectivity index (χ1v) is 6.10. The normalized spacial score (nSPS) is 8.83. The first kappa shape index (κ1) is 18.8. The number of esters is 1. The Hall–Kier alpha value is -1.58. The molecule has 0 aromatic carbocycles. The standard InChI is InChI=1S/C8H14O2.C6H10O2/c1-4-5-6-10-8(9)7(2)3;1-3-4-5(2)6(7)8/h2,4-6H2,1,3H3;2-4H2,1H3,(H,7,8). The van der Waals surface area contributed by atoms with E-state index < -0.39 is 5.97 Å². The molecule has 0 saturated heterocycles. The fourth-order valence-corrected chi connectivity index (χ4v) is 0.841. The number of hydrogen-bond donors (Lipinski definition) is 1. The van der Waals surface area contributed by atoms with Gasteiger partial charge in [-0.15, -0.1) is 0 Å². The maximum absolute atomic E-state index is 10.7. The van der Waals surface area contributed by atoms with Crippen molar-refractivity contribution >= 4 is 11.9 Å². The van der Waals surface area contributed by atoms with E-state index in [2.05, 4.69) is 20.1 Å². The van der Waals surface area contributed by atoms with Gasteiger partial charge in [-0.2, -0.15) is 0 Å². The van der Waals surface area contributed by atoms with Gasteiger partial charge in [0.15, 0.2) is 0 Å². The summed E-state index contributed by atoms with van der Waals surface area (Å²) in [7, 11) is 0. The topological polar surface area (TPSA) is 63.6 Å². The second-order valence-corrected chi connectivity index (χ2v) is 3.93. The molecule has 0 heterocycles. The zero-order valence-corrected chi connectivity index (χ0v) is 11.6. The zero-order chi connectivity index (χ0) is 14.6. The smallest absolute Gasteiger partial charge is 0.333 e. The van der Waals surface area contributed by atoms with Crippen LogP contribution in [0.5, 0.6) is 0 Å². The molecule has 0 amide bonds. The average Bonchev–Trinajstić information content (AvgIpc) is 2.30. The van der Waals surface area contributed by atoms with Crippen molar-refractivity contribution in [3.63, 3.8) is 0 Å². The van der Waals surface area contributed by atoms with Crippen molar-refractivity contribution in [3.05, 3.63) is 24.3 Å². The van der Waals surface area contributed by atoms with Crippen LogP contribution in [0.3, 0.4) is 0 Å². The predicted octanol–water partition coefficient (Wildman–Crippen LogP) is 3.33. The van der Waals surface area contributed by atoms with Crippen molar-refractivity contribution in [3.8, 4) is 0 Å². The second kappa shape index (κ2) is 11.9. The monoisotopic (exact) mass is 256 g/mol. The summed E-state index contributed by atoms with van der Waals surface area (Å²) >= 11 is 0. The Labute approximate surface area is 109 Å². The Morgan fingerprint density at radius 1 is 1.17 bits per heavy atom.